The van der Waals surface area contributed by atoms with Crippen LogP contribution in [0.2, 0.25) is 0 Å². The van der Waals surface area contributed by atoms with Gasteiger partial charge in [-0.05, 0) is 249 Å². The molecule has 618 valence electrons. The maximum Gasteiger partial charge on any atom is 0.252 e. The summed E-state index contributed by atoms with van der Waals surface area (Å²) in [5, 5.41) is 2.42. The number of rotatable bonds is 8. The van der Waals surface area contributed by atoms with Crippen LogP contribution in [-0.2, 0) is 59.6 Å². The lowest BCUT2D eigenvalue weighted by Gasteiger charge is -2.47. The predicted octanol–water partition coefficient (Wildman–Crippen LogP) is 31.5. The zero-order valence-corrected chi connectivity index (χ0v) is 78.9. The van der Waals surface area contributed by atoms with E-state index >= 15 is 0 Å². The SMILES string of the molecule is [2H]c1c([2H])c([2H])c(-c2ccc3c(c2)N(c2c(-c4ccc(C(C)(C)C)cc4)cc(C(C)(C)C)cc2-c2c(C(C)(C)C)cccc2C(C)(C)C)c2cc(C(C)(C)C)cc4c2B3c2ccc(-n3c5ccc(C(C)(C)C)cc5c5cc(C(C)(C)C)ccc53)cc2N4c2c(-c3ccc(C(C)(C)C)cc3)cc(C(C)(C)C)cc2-c2c(C(C)(C)C)cccc2C(C)(C)C)c([2H])c1[2H]. The zero-order chi connectivity index (χ0) is 91.5. The van der Waals surface area contributed by atoms with Gasteiger partial charge >= 0.3 is 0 Å². The van der Waals surface area contributed by atoms with Crippen molar-refractivity contribution in [1.29, 1.82) is 0 Å². The first-order valence-corrected chi connectivity index (χ1v) is 44.2. The number of aromatic nitrogens is 1. The highest BCUT2D eigenvalue weighted by molar-refractivity contribution is 7.00. The van der Waals surface area contributed by atoms with Crippen LogP contribution in [0.1, 0.15) is 297 Å². The first-order chi connectivity index (χ1) is 57.6. The predicted molar refractivity (Wildman–Crippen MR) is 528 cm³/mol. The Bertz CT molecular complexity index is 6360. The number of hydrogen-bond donors (Lipinski definition) is 0. The number of nitrogens with zero attached hydrogens (tertiary/aromatic N) is 3. The van der Waals surface area contributed by atoms with Gasteiger partial charge in [-0.15, -0.1) is 0 Å². The number of hydrogen-bond acceptors (Lipinski definition) is 2. The standard InChI is InChI=1S/C116H136BN3/c1-106(2,3)75-50-45-72(46-51-75)83-64-79(110(13,14)15)66-87(101-89(113(22,23)24)41-37-42-90(101)114(25,26)27)104(83)119-97-61-74(71-39-35-34-36-40-71)49-57-93(97)117-94-58-56-82(118-95-59-54-77(108(7,8)9)62-85(95)86-63-78(109(10,11)12)55-60-96(86)118)70-98(94)120(100-69-81(112(19,20)21)68-99(119)103(100)117)105-84(73-47-52-76(53-48-73)107(4,5)6)65-80(111(16,17)18)67-88(105)102-91(115(28,29)30)43-38-44-92(102)116(31,32)33/h34-70H,1-33H3/i34D,35D,36D,39D,40D. The minimum absolute atomic E-state index is 0.122. The second-order valence-corrected chi connectivity index (χ2v) is 46.5. The van der Waals surface area contributed by atoms with Gasteiger partial charge in [-0.2, -0.15) is 0 Å². The van der Waals surface area contributed by atoms with Crippen molar-refractivity contribution < 1.29 is 6.85 Å². The molecule has 4 heteroatoms. The molecule has 0 amide bonds. The fourth-order valence-electron chi connectivity index (χ4n) is 18.7. The summed E-state index contributed by atoms with van der Waals surface area (Å²) in [7, 11) is 0. The third-order valence-corrected chi connectivity index (χ3v) is 25.9. The monoisotopic (exact) mass is 1590 g/mol. The maximum atomic E-state index is 9.96. The number of fused-ring (bicyclic) bond motifs is 7. The second-order valence-electron chi connectivity index (χ2n) is 46.5. The smallest absolute Gasteiger partial charge is 0.252 e. The molecule has 13 aromatic rings. The molecule has 12 aromatic carbocycles. The van der Waals surface area contributed by atoms with Crippen LogP contribution in [0, 0.1) is 0 Å². The van der Waals surface area contributed by atoms with Gasteiger partial charge in [0, 0.05) is 61.5 Å². The first kappa shape index (κ1) is 78.6. The highest BCUT2D eigenvalue weighted by Gasteiger charge is 2.48. The Morgan fingerprint density at radius 2 is 0.567 bits per heavy atom. The lowest BCUT2D eigenvalue weighted by molar-refractivity contribution is 0.570. The van der Waals surface area contributed by atoms with Gasteiger partial charge in [-0.3, -0.25) is 0 Å². The van der Waals surface area contributed by atoms with Crippen molar-refractivity contribution in [1.82, 2.24) is 4.57 Å². The first-order valence-electron chi connectivity index (χ1n) is 46.7. The van der Waals surface area contributed by atoms with E-state index in [1.165, 1.54) is 77.5 Å². The molecule has 0 N–H and O–H groups in total. The topological polar surface area (TPSA) is 11.4 Å². The molecule has 2 aliphatic heterocycles. The Hall–Kier alpha value is -9.90. The Morgan fingerprint density at radius 3 is 0.917 bits per heavy atom. The Balaban J connectivity index is 1.24. The summed E-state index contributed by atoms with van der Waals surface area (Å²) < 4.78 is 50.3. The Morgan fingerprint density at radius 1 is 0.250 bits per heavy atom. The minimum atomic E-state index is -0.498. The van der Waals surface area contributed by atoms with Crippen molar-refractivity contribution in [3.05, 3.63) is 286 Å². The Kier molecular flexibility index (Phi) is 18.9. The normalized spacial score (nSPS) is 14.6. The molecular weight excluding hydrogens is 1450 g/mol. The van der Waals surface area contributed by atoms with Crippen molar-refractivity contribution in [2.24, 2.45) is 0 Å². The van der Waals surface area contributed by atoms with Crippen LogP contribution >= 0.6 is 0 Å². The van der Waals surface area contributed by atoms with Crippen LogP contribution in [0.25, 0.3) is 83.1 Å². The molecular formula is C116H136BN3. The average molecular weight is 1590 g/mol. The molecule has 0 bridgehead atoms. The fourth-order valence-corrected chi connectivity index (χ4v) is 18.7. The summed E-state index contributed by atoms with van der Waals surface area (Å²) in [5.74, 6) is 0. The summed E-state index contributed by atoms with van der Waals surface area (Å²) in [6, 6.07) is 74.9. The van der Waals surface area contributed by atoms with E-state index in [1.54, 1.807) is 0 Å². The van der Waals surface area contributed by atoms with Crippen molar-refractivity contribution in [3.8, 4) is 61.3 Å². The van der Waals surface area contributed by atoms with Gasteiger partial charge in [0.2, 0.25) is 0 Å². The van der Waals surface area contributed by atoms with E-state index in [4.69, 9.17) is 1.37 Å². The van der Waals surface area contributed by atoms with Crippen molar-refractivity contribution in [2.45, 2.75) is 288 Å². The summed E-state index contributed by atoms with van der Waals surface area (Å²) >= 11 is 0. The van der Waals surface area contributed by atoms with E-state index in [-0.39, 0.29) is 83.9 Å². The highest BCUT2D eigenvalue weighted by Crippen LogP contribution is 2.59. The molecule has 0 saturated carbocycles. The summed E-state index contributed by atoms with van der Waals surface area (Å²) in [6.07, 6.45) is 0. The van der Waals surface area contributed by atoms with Gasteiger partial charge in [0.25, 0.3) is 6.71 Å². The van der Waals surface area contributed by atoms with Gasteiger partial charge in [-0.1, -0.05) is 374 Å². The van der Waals surface area contributed by atoms with Gasteiger partial charge in [0.15, 0.2) is 0 Å². The molecule has 2 aliphatic rings. The maximum absolute atomic E-state index is 9.96. The zero-order valence-electron chi connectivity index (χ0n) is 83.9. The van der Waals surface area contributed by atoms with E-state index in [1.807, 2.05) is 0 Å². The van der Waals surface area contributed by atoms with Crippen LogP contribution in [0.15, 0.2) is 224 Å². The van der Waals surface area contributed by atoms with Crippen LogP contribution in [-0.4, -0.2) is 11.3 Å². The van der Waals surface area contributed by atoms with Crippen LogP contribution < -0.4 is 26.2 Å². The molecule has 3 heterocycles. The third-order valence-electron chi connectivity index (χ3n) is 25.9. The molecule has 0 unspecified atom stereocenters. The molecule has 3 nitrogen and oxygen atoms in total. The molecule has 0 atom stereocenters. The lowest BCUT2D eigenvalue weighted by atomic mass is 9.33. The van der Waals surface area contributed by atoms with Gasteiger partial charge in [-0.25, -0.2) is 0 Å². The molecule has 120 heavy (non-hydrogen) atoms. The second kappa shape index (κ2) is 28.9. The summed E-state index contributed by atoms with van der Waals surface area (Å²) in [6.45, 7) is 77.1. The van der Waals surface area contributed by atoms with Gasteiger partial charge < -0.3 is 14.4 Å². The quantitative estimate of drug-likeness (QED) is 0.141. The van der Waals surface area contributed by atoms with Crippen molar-refractivity contribution in [3.63, 3.8) is 0 Å². The lowest BCUT2D eigenvalue weighted by Crippen LogP contribution is -2.61. The van der Waals surface area contributed by atoms with Crippen LogP contribution in [0.3, 0.4) is 0 Å². The number of benzene rings is 12. The minimum Gasteiger partial charge on any atom is -0.310 e. The van der Waals surface area contributed by atoms with Crippen molar-refractivity contribution >= 4 is 79.0 Å². The molecule has 0 aliphatic carbocycles. The average Bonchev–Trinajstić information content (AvgIpc) is 0.985. The highest BCUT2D eigenvalue weighted by atomic mass is 15.2. The van der Waals surface area contributed by atoms with Gasteiger partial charge in [0.05, 0.1) is 29.3 Å². The molecule has 0 fully saturated rings. The molecule has 0 saturated heterocycles. The Labute approximate surface area is 730 Å². The molecule has 1 aromatic heterocycles. The van der Waals surface area contributed by atoms with Gasteiger partial charge in [0.1, 0.15) is 0 Å². The third kappa shape index (κ3) is 15.4. The van der Waals surface area contributed by atoms with Crippen LogP contribution in [0.4, 0.5) is 34.1 Å². The van der Waals surface area contributed by atoms with E-state index in [2.05, 4.69) is 437 Å². The molecule has 15 rings (SSSR count). The molecule has 0 spiro atoms. The molecule has 0 radical (unpaired) electrons. The van der Waals surface area contributed by atoms with E-state index < -0.39 is 18.2 Å². The summed E-state index contributed by atoms with van der Waals surface area (Å²) in [4.78, 5) is 5.38. The van der Waals surface area contributed by atoms with E-state index in [0.29, 0.717) is 5.56 Å². The van der Waals surface area contributed by atoms with Crippen molar-refractivity contribution in [2.75, 3.05) is 9.80 Å². The van der Waals surface area contributed by atoms with E-state index in [9.17, 15) is 5.48 Å². The van der Waals surface area contributed by atoms with Crippen LogP contribution in [0.5, 0.6) is 0 Å². The summed E-state index contributed by atoms with van der Waals surface area (Å²) in [5.41, 5.74) is 32.7. The van der Waals surface area contributed by atoms with E-state index in [0.717, 1.165) is 106 Å². The number of anilines is 6. The fraction of sp³-hybridized carbons (Fsp3) is 0.379. The largest absolute Gasteiger partial charge is 0.310 e.